The molecular formula is C14H21ClFN3O2. The Morgan fingerprint density at radius 3 is 2.86 bits per heavy atom. The Morgan fingerprint density at radius 2 is 2.19 bits per heavy atom. The Kier molecular flexibility index (Phi) is 7.01. The molecule has 1 saturated heterocycles. The van der Waals surface area contributed by atoms with Gasteiger partial charge < -0.3 is 5.73 Å². The summed E-state index contributed by atoms with van der Waals surface area (Å²) < 4.78 is 13.3. The van der Waals surface area contributed by atoms with Crippen LogP contribution in [0.15, 0.2) is 18.2 Å². The summed E-state index contributed by atoms with van der Waals surface area (Å²) in [5.41, 5.74) is 6.06. The van der Waals surface area contributed by atoms with Gasteiger partial charge in [0.1, 0.15) is 5.82 Å². The van der Waals surface area contributed by atoms with E-state index in [1.807, 2.05) is 0 Å². The van der Waals surface area contributed by atoms with Crippen molar-refractivity contribution in [2.24, 2.45) is 5.73 Å². The van der Waals surface area contributed by atoms with Crippen LogP contribution in [0.3, 0.4) is 0 Å². The number of nitrogens with two attached hydrogens (primary N) is 1. The first-order chi connectivity index (χ1) is 9.61. The van der Waals surface area contributed by atoms with Crippen LogP contribution in [0.1, 0.15) is 31.2 Å². The van der Waals surface area contributed by atoms with Crippen molar-refractivity contribution in [3.8, 4) is 0 Å². The number of nitrogens with zero attached hydrogens (tertiary/aromatic N) is 2. The van der Waals surface area contributed by atoms with E-state index in [2.05, 4.69) is 4.90 Å². The predicted molar refractivity (Wildman–Crippen MR) is 82.0 cm³/mol. The van der Waals surface area contributed by atoms with Gasteiger partial charge in [0.25, 0.3) is 5.69 Å². The lowest BCUT2D eigenvalue weighted by Crippen LogP contribution is -2.40. The van der Waals surface area contributed by atoms with Crippen LogP contribution in [0, 0.1) is 15.9 Å². The fourth-order valence-electron chi connectivity index (χ4n) is 2.87. The molecule has 118 valence electrons. The van der Waals surface area contributed by atoms with Gasteiger partial charge in [-0.3, -0.25) is 15.0 Å². The summed E-state index contributed by atoms with van der Waals surface area (Å²) in [5.74, 6) is -0.432. The summed E-state index contributed by atoms with van der Waals surface area (Å²) in [6.45, 7) is 1.91. The van der Waals surface area contributed by atoms with Gasteiger partial charge >= 0.3 is 0 Å². The zero-order chi connectivity index (χ0) is 14.5. The summed E-state index contributed by atoms with van der Waals surface area (Å²) in [6.07, 6.45) is 4.17. The van der Waals surface area contributed by atoms with Crippen LogP contribution in [-0.4, -0.2) is 29.0 Å². The minimum absolute atomic E-state index is 0. The van der Waals surface area contributed by atoms with Crippen LogP contribution in [0.5, 0.6) is 0 Å². The third kappa shape index (κ3) is 4.62. The number of halogens is 2. The molecule has 0 aliphatic carbocycles. The lowest BCUT2D eigenvalue weighted by Gasteiger charge is -2.35. The molecule has 0 spiro atoms. The van der Waals surface area contributed by atoms with Crippen LogP contribution in [-0.2, 0) is 6.54 Å². The van der Waals surface area contributed by atoms with Gasteiger partial charge in [-0.25, -0.2) is 4.39 Å². The fourth-order valence-corrected chi connectivity index (χ4v) is 2.87. The largest absolute Gasteiger partial charge is 0.330 e. The molecule has 0 bridgehead atoms. The second-order valence-corrected chi connectivity index (χ2v) is 5.23. The molecule has 1 fully saturated rings. The normalized spacial score (nSPS) is 19.0. The maximum Gasteiger partial charge on any atom is 0.274 e. The molecule has 7 heteroatoms. The molecule has 0 saturated carbocycles. The summed E-state index contributed by atoms with van der Waals surface area (Å²) in [6, 6.07) is 3.99. The number of benzene rings is 1. The first-order valence-electron chi connectivity index (χ1n) is 6.98. The number of likely N-dealkylation sites (tertiary alicyclic amines) is 1. The molecule has 5 nitrogen and oxygen atoms in total. The molecule has 1 aliphatic rings. The summed E-state index contributed by atoms with van der Waals surface area (Å²) in [5, 5.41) is 11.0. The quantitative estimate of drug-likeness (QED) is 0.669. The highest BCUT2D eigenvalue weighted by molar-refractivity contribution is 5.85. The Labute approximate surface area is 129 Å². The Morgan fingerprint density at radius 1 is 1.43 bits per heavy atom. The van der Waals surface area contributed by atoms with Crippen molar-refractivity contribution in [3.63, 3.8) is 0 Å². The highest BCUT2D eigenvalue weighted by Gasteiger charge is 2.24. The van der Waals surface area contributed by atoms with Gasteiger partial charge in [-0.1, -0.05) is 6.42 Å². The maximum atomic E-state index is 13.3. The second-order valence-electron chi connectivity index (χ2n) is 5.23. The Balaban J connectivity index is 0.00000220. The highest BCUT2D eigenvalue weighted by Crippen LogP contribution is 2.26. The predicted octanol–water partition coefficient (Wildman–Crippen LogP) is 2.86. The van der Waals surface area contributed by atoms with Crippen LogP contribution in [0.2, 0.25) is 0 Å². The maximum absolute atomic E-state index is 13.3. The van der Waals surface area contributed by atoms with Crippen molar-refractivity contribution < 1.29 is 9.31 Å². The minimum Gasteiger partial charge on any atom is -0.330 e. The van der Waals surface area contributed by atoms with Gasteiger partial charge in [0.2, 0.25) is 0 Å². The number of hydrogen-bond donors (Lipinski definition) is 1. The summed E-state index contributed by atoms with van der Waals surface area (Å²) in [4.78, 5) is 12.8. The van der Waals surface area contributed by atoms with Gasteiger partial charge in [0, 0.05) is 24.2 Å². The van der Waals surface area contributed by atoms with E-state index < -0.39 is 10.7 Å². The summed E-state index contributed by atoms with van der Waals surface area (Å²) in [7, 11) is 0. The van der Waals surface area contributed by atoms with Crippen LogP contribution < -0.4 is 5.73 Å². The second kappa shape index (κ2) is 8.26. The van der Waals surface area contributed by atoms with Gasteiger partial charge in [-0.05, 0) is 44.5 Å². The zero-order valence-corrected chi connectivity index (χ0v) is 12.7. The number of hydrogen-bond acceptors (Lipinski definition) is 4. The molecule has 1 heterocycles. The van der Waals surface area contributed by atoms with Gasteiger partial charge in [0.15, 0.2) is 0 Å². The first kappa shape index (κ1) is 17.8. The van der Waals surface area contributed by atoms with E-state index in [0.29, 0.717) is 24.7 Å². The molecule has 2 N–H and O–H groups in total. The van der Waals surface area contributed by atoms with E-state index in [1.165, 1.54) is 12.1 Å². The number of piperidine rings is 1. The van der Waals surface area contributed by atoms with Crippen molar-refractivity contribution in [1.29, 1.82) is 0 Å². The molecule has 1 aromatic carbocycles. The van der Waals surface area contributed by atoms with E-state index >= 15 is 0 Å². The zero-order valence-electron chi connectivity index (χ0n) is 11.8. The van der Waals surface area contributed by atoms with Crippen molar-refractivity contribution in [1.82, 2.24) is 4.90 Å². The topological polar surface area (TPSA) is 72.4 Å². The lowest BCUT2D eigenvalue weighted by atomic mass is 9.98. The highest BCUT2D eigenvalue weighted by atomic mass is 35.5. The Bertz CT molecular complexity index is 485. The third-order valence-electron chi connectivity index (χ3n) is 3.86. The van der Waals surface area contributed by atoms with E-state index in [9.17, 15) is 14.5 Å². The molecule has 2 rings (SSSR count). The number of nitro benzene ring substituents is 1. The smallest absolute Gasteiger partial charge is 0.274 e. The van der Waals surface area contributed by atoms with E-state index in [-0.39, 0.29) is 18.1 Å². The first-order valence-corrected chi connectivity index (χ1v) is 6.98. The number of nitro groups is 1. The van der Waals surface area contributed by atoms with Gasteiger partial charge in [-0.15, -0.1) is 12.4 Å². The Hall–Kier alpha value is -1.24. The van der Waals surface area contributed by atoms with Crippen LogP contribution in [0.25, 0.3) is 0 Å². The standard InChI is InChI=1S/C14H20FN3O2.ClH/c15-12-4-5-14(18(19)20)11(9-12)10-17-8-2-1-3-13(17)6-7-16;/h4-5,9,13H,1-3,6-8,10,16H2;1H. The SMILES string of the molecule is Cl.NCCC1CCCCN1Cc1cc(F)ccc1[N+](=O)[O-]. The van der Waals surface area contributed by atoms with Crippen molar-refractivity contribution >= 4 is 18.1 Å². The molecule has 0 radical (unpaired) electrons. The van der Waals surface area contributed by atoms with Gasteiger partial charge in [-0.2, -0.15) is 0 Å². The van der Waals surface area contributed by atoms with E-state index in [4.69, 9.17) is 5.73 Å². The van der Waals surface area contributed by atoms with Crippen LogP contribution in [0.4, 0.5) is 10.1 Å². The number of rotatable bonds is 5. The molecule has 1 atom stereocenters. The van der Waals surface area contributed by atoms with Crippen LogP contribution >= 0.6 is 12.4 Å². The van der Waals surface area contributed by atoms with Gasteiger partial charge in [0.05, 0.1) is 4.92 Å². The van der Waals surface area contributed by atoms with Crippen molar-refractivity contribution in [3.05, 3.63) is 39.7 Å². The molecule has 1 aliphatic heterocycles. The summed E-state index contributed by atoms with van der Waals surface area (Å²) >= 11 is 0. The molecule has 0 amide bonds. The monoisotopic (exact) mass is 317 g/mol. The van der Waals surface area contributed by atoms with Crippen molar-refractivity contribution in [2.75, 3.05) is 13.1 Å². The molecule has 21 heavy (non-hydrogen) atoms. The molecular weight excluding hydrogens is 297 g/mol. The average Bonchev–Trinajstić information content (AvgIpc) is 2.41. The van der Waals surface area contributed by atoms with E-state index in [0.717, 1.165) is 38.3 Å². The lowest BCUT2D eigenvalue weighted by molar-refractivity contribution is -0.385. The minimum atomic E-state index is -0.448. The van der Waals surface area contributed by atoms with E-state index in [1.54, 1.807) is 0 Å². The molecule has 0 aromatic heterocycles. The van der Waals surface area contributed by atoms with Crippen molar-refractivity contribution in [2.45, 2.75) is 38.3 Å². The third-order valence-corrected chi connectivity index (χ3v) is 3.86. The average molecular weight is 318 g/mol. The fraction of sp³-hybridized carbons (Fsp3) is 0.571. The molecule has 1 aromatic rings. The molecule has 1 unspecified atom stereocenters.